The summed E-state index contributed by atoms with van der Waals surface area (Å²) in [5, 5.41) is 4.86. The minimum absolute atomic E-state index is 0.0906. The van der Waals surface area contributed by atoms with E-state index < -0.39 is 0 Å². The van der Waals surface area contributed by atoms with E-state index in [4.69, 9.17) is 16.6 Å². The maximum atomic E-state index is 12.9. The molecule has 4 aromatic rings. The number of nitrogens with zero attached hydrogens (tertiary/aromatic N) is 1. The number of thiocarbonyl (C=S) groups is 1. The number of pyridine rings is 1. The molecule has 5 nitrogen and oxygen atoms in total. The van der Waals surface area contributed by atoms with E-state index in [9.17, 15) is 4.79 Å². The van der Waals surface area contributed by atoms with Crippen LogP contribution in [0.3, 0.4) is 0 Å². The number of aryl methyl sites for hydroxylation is 3. The van der Waals surface area contributed by atoms with Gasteiger partial charge in [-0.15, -0.1) is 0 Å². The topological polar surface area (TPSA) is 61.3 Å². The minimum atomic E-state index is -0.0906. The van der Waals surface area contributed by atoms with Crippen LogP contribution >= 0.6 is 12.2 Å². The summed E-state index contributed by atoms with van der Waals surface area (Å²) in [4.78, 5) is 18.0. The van der Waals surface area contributed by atoms with Gasteiger partial charge in [-0.3, -0.25) is 4.79 Å². The number of furan rings is 1. The summed E-state index contributed by atoms with van der Waals surface area (Å²) in [7, 11) is 0. The fourth-order valence-electron chi connectivity index (χ4n) is 3.86. The van der Waals surface area contributed by atoms with E-state index >= 15 is 0 Å². The largest absolute Gasteiger partial charge is 0.467 e. The SMILES string of the molecule is Cc1ccc(CN(Cc2cc3cc(C)cc(C)c3[nH]c2=O)C(=S)NCc2ccco2)cc1. The molecule has 2 N–H and O–H groups in total. The van der Waals surface area contributed by atoms with Crippen LogP contribution in [0.15, 0.2) is 70.1 Å². The molecule has 0 aliphatic heterocycles. The van der Waals surface area contributed by atoms with E-state index in [1.54, 1.807) is 6.26 Å². The molecule has 32 heavy (non-hydrogen) atoms. The monoisotopic (exact) mass is 445 g/mol. The van der Waals surface area contributed by atoms with Crippen molar-refractivity contribution in [1.82, 2.24) is 15.2 Å². The summed E-state index contributed by atoms with van der Waals surface area (Å²) in [5.74, 6) is 0.803. The standard InChI is InChI=1S/C26H27N3O2S/c1-17-6-8-20(9-7-17)15-29(26(32)27-14-23-5-4-10-31-23)16-22-13-21-12-18(2)11-19(3)24(21)28-25(22)30/h4-13H,14-16H2,1-3H3,(H,27,32)(H,28,30). The highest BCUT2D eigenvalue weighted by Gasteiger charge is 2.15. The number of fused-ring (bicyclic) bond motifs is 1. The van der Waals surface area contributed by atoms with Crippen LogP contribution in [0.2, 0.25) is 0 Å². The molecule has 0 atom stereocenters. The molecule has 0 aliphatic carbocycles. The molecule has 6 heteroatoms. The van der Waals surface area contributed by atoms with E-state index in [2.05, 4.69) is 60.5 Å². The van der Waals surface area contributed by atoms with Gasteiger partial charge < -0.3 is 19.6 Å². The first-order valence-electron chi connectivity index (χ1n) is 10.6. The number of aromatic amines is 1. The highest BCUT2D eigenvalue weighted by Crippen LogP contribution is 2.19. The van der Waals surface area contributed by atoms with Crippen molar-refractivity contribution in [3.8, 4) is 0 Å². The molecule has 0 radical (unpaired) electrons. The maximum absolute atomic E-state index is 12.9. The summed E-state index contributed by atoms with van der Waals surface area (Å²) in [6, 6.07) is 18.3. The molecule has 0 saturated carbocycles. The van der Waals surface area contributed by atoms with Gasteiger partial charge in [-0.2, -0.15) is 0 Å². The van der Waals surface area contributed by atoms with Gasteiger partial charge >= 0.3 is 0 Å². The predicted molar refractivity (Wildman–Crippen MR) is 133 cm³/mol. The van der Waals surface area contributed by atoms with Crippen LogP contribution in [0, 0.1) is 20.8 Å². The Morgan fingerprint density at radius 2 is 1.81 bits per heavy atom. The smallest absolute Gasteiger partial charge is 0.253 e. The molecule has 164 valence electrons. The molecule has 2 aromatic carbocycles. The summed E-state index contributed by atoms with van der Waals surface area (Å²) in [5.41, 5.74) is 6.03. The van der Waals surface area contributed by atoms with Crippen molar-refractivity contribution >= 4 is 28.2 Å². The quantitative estimate of drug-likeness (QED) is 0.403. The molecule has 0 amide bonds. The lowest BCUT2D eigenvalue weighted by atomic mass is 10.0. The summed E-state index contributed by atoms with van der Waals surface area (Å²) in [6.07, 6.45) is 1.64. The minimum Gasteiger partial charge on any atom is -0.467 e. The number of nitrogens with one attached hydrogen (secondary N) is 2. The molecule has 0 bridgehead atoms. The lowest BCUT2D eigenvalue weighted by molar-refractivity contribution is 0.393. The molecule has 2 aromatic heterocycles. The average Bonchev–Trinajstić information content (AvgIpc) is 3.28. The van der Waals surface area contributed by atoms with E-state index in [-0.39, 0.29) is 5.56 Å². The van der Waals surface area contributed by atoms with Crippen LogP contribution in [0.25, 0.3) is 10.9 Å². The number of hydrogen-bond donors (Lipinski definition) is 2. The first-order valence-corrected chi connectivity index (χ1v) is 11.0. The van der Waals surface area contributed by atoms with Crippen LogP contribution in [0.1, 0.15) is 33.6 Å². The number of benzene rings is 2. The Morgan fingerprint density at radius 1 is 1.03 bits per heavy atom. The molecule has 0 spiro atoms. The normalized spacial score (nSPS) is 11.0. The molecule has 2 heterocycles. The Hall–Kier alpha value is -3.38. The Morgan fingerprint density at radius 3 is 2.53 bits per heavy atom. The molecule has 0 fully saturated rings. The number of H-pyrrole nitrogens is 1. The molecule has 0 saturated heterocycles. The van der Waals surface area contributed by atoms with Gasteiger partial charge in [-0.05, 0) is 73.8 Å². The summed E-state index contributed by atoms with van der Waals surface area (Å²) < 4.78 is 5.41. The van der Waals surface area contributed by atoms with Crippen molar-refractivity contribution in [1.29, 1.82) is 0 Å². The van der Waals surface area contributed by atoms with Gasteiger partial charge in [0.25, 0.3) is 5.56 Å². The lowest BCUT2D eigenvalue weighted by Crippen LogP contribution is -2.39. The first kappa shape index (κ1) is 21.8. The van der Waals surface area contributed by atoms with Gasteiger partial charge in [0, 0.05) is 12.1 Å². The van der Waals surface area contributed by atoms with Gasteiger partial charge in [-0.1, -0.05) is 41.5 Å². The third-order valence-corrected chi connectivity index (χ3v) is 5.91. The van der Waals surface area contributed by atoms with E-state index in [0.717, 1.165) is 27.8 Å². The molecular formula is C26H27N3O2S. The zero-order valence-electron chi connectivity index (χ0n) is 18.6. The zero-order chi connectivity index (χ0) is 22.7. The second-order valence-electron chi connectivity index (χ2n) is 8.25. The highest BCUT2D eigenvalue weighted by atomic mass is 32.1. The lowest BCUT2D eigenvalue weighted by Gasteiger charge is -2.26. The second kappa shape index (κ2) is 9.40. The van der Waals surface area contributed by atoms with Gasteiger partial charge in [0.05, 0.1) is 24.9 Å². The van der Waals surface area contributed by atoms with Crippen molar-refractivity contribution < 1.29 is 4.42 Å². The van der Waals surface area contributed by atoms with Crippen LogP contribution in [0.4, 0.5) is 0 Å². The van der Waals surface area contributed by atoms with Gasteiger partial charge in [0.15, 0.2) is 5.11 Å². The van der Waals surface area contributed by atoms with Crippen molar-refractivity contribution in [2.75, 3.05) is 0 Å². The third-order valence-electron chi connectivity index (χ3n) is 5.51. The molecule has 0 unspecified atom stereocenters. The Kier molecular flexibility index (Phi) is 6.42. The van der Waals surface area contributed by atoms with Crippen LogP contribution in [-0.4, -0.2) is 15.0 Å². The first-order chi connectivity index (χ1) is 15.4. The van der Waals surface area contributed by atoms with E-state index in [0.29, 0.717) is 30.3 Å². The average molecular weight is 446 g/mol. The van der Waals surface area contributed by atoms with Crippen molar-refractivity contribution in [2.24, 2.45) is 0 Å². The van der Waals surface area contributed by atoms with Gasteiger partial charge in [0.1, 0.15) is 5.76 Å². The zero-order valence-corrected chi connectivity index (χ0v) is 19.4. The Labute approximate surface area is 193 Å². The Bertz CT molecular complexity index is 1290. The van der Waals surface area contributed by atoms with Crippen LogP contribution in [-0.2, 0) is 19.6 Å². The summed E-state index contributed by atoms with van der Waals surface area (Å²) in [6.45, 7) is 7.63. The van der Waals surface area contributed by atoms with Crippen molar-refractivity contribution in [3.05, 3.63) is 105 Å². The van der Waals surface area contributed by atoms with Crippen molar-refractivity contribution in [3.63, 3.8) is 0 Å². The predicted octanol–water partition coefficient (Wildman–Crippen LogP) is 5.12. The molecular weight excluding hydrogens is 418 g/mol. The van der Waals surface area contributed by atoms with Crippen molar-refractivity contribution in [2.45, 2.75) is 40.4 Å². The third kappa shape index (κ3) is 5.08. The highest BCUT2D eigenvalue weighted by molar-refractivity contribution is 7.80. The van der Waals surface area contributed by atoms with Crippen LogP contribution in [0.5, 0.6) is 0 Å². The molecule has 0 aliphatic rings. The molecule has 4 rings (SSSR count). The Balaban J connectivity index is 1.62. The van der Waals surface area contributed by atoms with E-state index in [1.807, 2.05) is 30.0 Å². The fraction of sp³-hybridized carbons (Fsp3) is 0.231. The summed E-state index contributed by atoms with van der Waals surface area (Å²) >= 11 is 5.71. The number of aromatic nitrogens is 1. The van der Waals surface area contributed by atoms with E-state index in [1.165, 1.54) is 11.1 Å². The van der Waals surface area contributed by atoms with Gasteiger partial charge in [-0.25, -0.2) is 0 Å². The van der Waals surface area contributed by atoms with Crippen LogP contribution < -0.4 is 10.9 Å². The number of rotatable bonds is 6. The number of hydrogen-bond acceptors (Lipinski definition) is 3. The van der Waals surface area contributed by atoms with Gasteiger partial charge in [0.2, 0.25) is 0 Å². The second-order valence-corrected chi connectivity index (χ2v) is 8.64. The maximum Gasteiger partial charge on any atom is 0.253 e. The fourth-order valence-corrected chi connectivity index (χ4v) is 4.06.